The average Bonchev–Trinajstić information content (AvgIpc) is 1.97. The minimum absolute atomic E-state index is 0.00156. The standard InChI is InChI=1S/C5H8Cl2N2O3/c6-3(7)4(10)9-1-2-12-5(8)11/h3H,1-2H2,(H2,8,11)(H,9,10). The van der Waals surface area contributed by atoms with Crippen molar-refractivity contribution in [3.8, 4) is 0 Å². The zero-order valence-electron chi connectivity index (χ0n) is 6.05. The number of ether oxygens (including phenoxy) is 1. The summed E-state index contributed by atoms with van der Waals surface area (Å²) in [4.78, 5) is 19.5. The van der Waals surface area contributed by atoms with Crippen LogP contribution in [-0.4, -0.2) is 30.0 Å². The van der Waals surface area contributed by atoms with Gasteiger partial charge >= 0.3 is 6.09 Å². The number of carbonyl (C=O) groups is 2. The van der Waals surface area contributed by atoms with Crippen LogP contribution in [0.3, 0.4) is 0 Å². The normalized spacial score (nSPS) is 9.58. The Morgan fingerprint density at radius 1 is 1.50 bits per heavy atom. The second kappa shape index (κ2) is 5.91. The molecule has 0 aliphatic heterocycles. The molecule has 0 aromatic heterocycles. The zero-order chi connectivity index (χ0) is 9.56. The fourth-order valence-electron chi connectivity index (χ4n) is 0.403. The number of amides is 2. The van der Waals surface area contributed by atoms with Gasteiger partial charge in [-0.05, 0) is 0 Å². The first-order valence-electron chi connectivity index (χ1n) is 3.02. The van der Waals surface area contributed by atoms with E-state index in [-0.39, 0.29) is 13.2 Å². The topological polar surface area (TPSA) is 81.4 Å². The predicted octanol–water partition coefficient (Wildman–Crippen LogP) is 0.00160. The lowest BCUT2D eigenvalue weighted by atomic mass is 10.6. The van der Waals surface area contributed by atoms with Gasteiger partial charge < -0.3 is 15.8 Å². The lowest BCUT2D eigenvalue weighted by Crippen LogP contribution is -2.32. The molecule has 0 heterocycles. The zero-order valence-corrected chi connectivity index (χ0v) is 7.56. The van der Waals surface area contributed by atoms with Crippen LogP contribution in [-0.2, 0) is 9.53 Å². The molecule has 0 atom stereocenters. The van der Waals surface area contributed by atoms with Gasteiger partial charge in [-0.1, -0.05) is 23.2 Å². The first-order valence-corrected chi connectivity index (χ1v) is 3.89. The number of rotatable bonds is 4. The van der Waals surface area contributed by atoms with E-state index in [0.29, 0.717) is 0 Å². The van der Waals surface area contributed by atoms with Crippen LogP contribution in [0.5, 0.6) is 0 Å². The van der Waals surface area contributed by atoms with E-state index >= 15 is 0 Å². The number of hydrogen-bond donors (Lipinski definition) is 2. The first kappa shape index (κ1) is 11.3. The van der Waals surface area contributed by atoms with Crippen molar-refractivity contribution in [3.05, 3.63) is 0 Å². The fraction of sp³-hybridized carbons (Fsp3) is 0.600. The number of nitrogens with one attached hydrogen (secondary N) is 1. The fourth-order valence-corrected chi connectivity index (χ4v) is 0.557. The van der Waals surface area contributed by atoms with Gasteiger partial charge in [0.1, 0.15) is 6.61 Å². The van der Waals surface area contributed by atoms with Crippen molar-refractivity contribution in [2.45, 2.75) is 4.84 Å². The van der Waals surface area contributed by atoms with Crippen LogP contribution in [0.2, 0.25) is 0 Å². The van der Waals surface area contributed by atoms with Crippen molar-refractivity contribution >= 4 is 35.2 Å². The van der Waals surface area contributed by atoms with Crippen molar-refractivity contribution in [2.24, 2.45) is 5.73 Å². The van der Waals surface area contributed by atoms with E-state index in [4.69, 9.17) is 23.2 Å². The Bertz CT molecular complexity index is 174. The Kier molecular flexibility index (Phi) is 5.57. The van der Waals surface area contributed by atoms with Gasteiger partial charge in [-0.2, -0.15) is 0 Å². The molecule has 0 bridgehead atoms. The lowest BCUT2D eigenvalue weighted by Gasteiger charge is -2.04. The van der Waals surface area contributed by atoms with Crippen LogP contribution in [0.1, 0.15) is 0 Å². The lowest BCUT2D eigenvalue weighted by molar-refractivity contribution is -0.119. The molecule has 0 unspecified atom stereocenters. The molecule has 0 radical (unpaired) electrons. The third kappa shape index (κ3) is 6.06. The molecule has 0 aromatic rings. The SMILES string of the molecule is NC(=O)OCCNC(=O)C(Cl)Cl. The van der Waals surface area contributed by atoms with E-state index in [9.17, 15) is 9.59 Å². The van der Waals surface area contributed by atoms with E-state index in [1.807, 2.05) is 0 Å². The molecular weight excluding hydrogens is 207 g/mol. The number of nitrogens with two attached hydrogens (primary N) is 1. The maximum absolute atomic E-state index is 10.6. The van der Waals surface area contributed by atoms with Crippen molar-refractivity contribution in [1.82, 2.24) is 5.32 Å². The highest BCUT2D eigenvalue weighted by atomic mass is 35.5. The predicted molar refractivity (Wildman–Crippen MR) is 44.0 cm³/mol. The van der Waals surface area contributed by atoms with E-state index in [1.165, 1.54) is 0 Å². The summed E-state index contributed by atoms with van der Waals surface area (Å²) in [5, 5.41) is 2.30. The van der Waals surface area contributed by atoms with Gasteiger partial charge in [0, 0.05) is 0 Å². The second-order valence-corrected chi connectivity index (χ2v) is 2.86. The van der Waals surface area contributed by atoms with Gasteiger partial charge in [-0.25, -0.2) is 4.79 Å². The Morgan fingerprint density at radius 2 is 2.08 bits per heavy atom. The third-order valence-electron chi connectivity index (χ3n) is 0.844. The van der Waals surface area contributed by atoms with Gasteiger partial charge in [0.05, 0.1) is 6.54 Å². The van der Waals surface area contributed by atoms with E-state index in [2.05, 4.69) is 15.8 Å². The van der Waals surface area contributed by atoms with E-state index in [0.717, 1.165) is 0 Å². The molecule has 70 valence electrons. The molecule has 0 aromatic carbocycles. The molecule has 0 aliphatic carbocycles. The maximum atomic E-state index is 10.6. The van der Waals surface area contributed by atoms with Crippen molar-refractivity contribution in [2.75, 3.05) is 13.2 Å². The molecule has 12 heavy (non-hydrogen) atoms. The Hall–Kier alpha value is -0.680. The molecule has 5 nitrogen and oxygen atoms in total. The van der Waals surface area contributed by atoms with Gasteiger partial charge in [-0.3, -0.25) is 4.79 Å². The first-order chi connectivity index (χ1) is 5.54. The monoisotopic (exact) mass is 214 g/mol. The molecule has 0 fully saturated rings. The van der Waals surface area contributed by atoms with Crippen LogP contribution in [0.4, 0.5) is 4.79 Å². The molecule has 0 aliphatic rings. The summed E-state index contributed by atoms with van der Waals surface area (Å²) in [6.07, 6.45) is -0.891. The minimum Gasteiger partial charge on any atom is -0.448 e. The van der Waals surface area contributed by atoms with Crippen LogP contribution in [0.25, 0.3) is 0 Å². The van der Waals surface area contributed by atoms with E-state index < -0.39 is 16.8 Å². The third-order valence-corrected chi connectivity index (χ3v) is 1.24. The number of carbonyl (C=O) groups excluding carboxylic acids is 2. The summed E-state index contributed by atoms with van der Waals surface area (Å²) in [5.74, 6) is -0.536. The molecule has 0 saturated carbocycles. The van der Waals surface area contributed by atoms with Crippen LogP contribution in [0.15, 0.2) is 0 Å². The summed E-state index contributed by atoms with van der Waals surface area (Å²) in [7, 11) is 0. The number of halogens is 2. The molecule has 2 amide bonds. The number of primary amides is 1. The van der Waals surface area contributed by atoms with Gasteiger partial charge in [-0.15, -0.1) is 0 Å². The quantitative estimate of drug-likeness (QED) is 0.511. The number of alkyl halides is 2. The average molecular weight is 215 g/mol. The van der Waals surface area contributed by atoms with Crippen molar-refractivity contribution in [3.63, 3.8) is 0 Å². The molecular formula is C5H8Cl2N2O3. The maximum Gasteiger partial charge on any atom is 0.404 e. The molecule has 0 rings (SSSR count). The number of hydrogen-bond acceptors (Lipinski definition) is 3. The van der Waals surface area contributed by atoms with Crippen molar-refractivity contribution < 1.29 is 14.3 Å². The molecule has 7 heteroatoms. The van der Waals surface area contributed by atoms with Gasteiger partial charge in [0.2, 0.25) is 0 Å². The Balaban J connectivity index is 3.32. The van der Waals surface area contributed by atoms with Gasteiger partial charge in [0.25, 0.3) is 5.91 Å². The highest BCUT2D eigenvalue weighted by Gasteiger charge is 2.09. The second-order valence-electron chi connectivity index (χ2n) is 1.76. The molecule has 3 N–H and O–H groups in total. The van der Waals surface area contributed by atoms with Crippen LogP contribution >= 0.6 is 23.2 Å². The Morgan fingerprint density at radius 3 is 2.50 bits per heavy atom. The van der Waals surface area contributed by atoms with Gasteiger partial charge in [0.15, 0.2) is 4.84 Å². The smallest absolute Gasteiger partial charge is 0.404 e. The van der Waals surface area contributed by atoms with Crippen molar-refractivity contribution in [1.29, 1.82) is 0 Å². The minimum atomic E-state index is -1.11. The molecule has 0 saturated heterocycles. The van der Waals surface area contributed by atoms with Crippen LogP contribution < -0.4 is 11.1 Å². The summed E-state index contributed by atoms with van der Waals surface area (Å²) in [6.45, 7) is 0.138. The van der Waals surface area contributed by atoms with E-state index in [1.54, 1.807) is 0 Å². The molecule has 0 spiro atoms. The highest BCUT2D eigenvalue weighted by Crippen LogP contribution is 1.99. The largest absolute Gasteiger partial charge is 0.448 e. The Labute approximate surface area is 79.1 Å². The summed E-state index contributed by atoms with van der Waals surface area (Å²) in [5.41, 5.74) is 4.64. The van der Waals surface area contributed by atoms with Crippen LogP contribution in [0, 0.1) is 0 Å². The summed E-state index contributed by atoms with van der Waals surface area (Å²) >= 11 is 10.4. The highest BCUT2D eigenvalue weighted by molar-refractivity contribution is 6.53. The summed E-state index contributed by atoms with van der Waals surface area (Å²) in [6, 6.07) is 0. The summed E-state index contributed by atoms with van der Waals surface area (Å²) < 4.78 is 4.31.